The molecule has 3 aromatic rings. The van der Waals surface area contributed by atoms with E-state index in [4.69, 9.17) is 11.6 Å². The molecule has 20 heavy (non-hydrogen) atoms. The molecule has 1 aromatic carbocycles. The molecule has 0 atom stereocenters. The fraction of sp³-hybridized carbons (Fsp3) is 0. The Balaban J connectivity index is 2.17. The van der Waals surface area contributed by atoms with Crippen molar-refractivity contribution in [2.45, 2.75) is 0 Å². The van der Waals surface area contributed by atoms with Crippen molar-refractivity contribution >= 4 is 11.6 Å². The molecule has 0 saturated carbocycles. The van der Waals surface area contributed by atoms with Crippen molar-refractivity contribution in [3.63, 3.8) is 0 Å². The van der Waals surface area contributed by atoms with Crippen LogP contribution in [0.5, 0.6) is 0 Å². The van der Waals surface area contributed by atoms with Gasteiger partial charge in [0.25, 0.3) is 5.95 Å². The first-order valence-corrected chi connectivity index (χ1v) is 5.89. The topological polar surface area (TPSA) is 56.5 Å². The van der Waals surface area contributed by atoms with Crippen molar-refractivity contribution in [2.24, 2.45) is 0 Å². The maximum atomic E-state index is 13.8. The van der Waals surface area contributed by atoms with Gasteiger partial charge in [-0.05, 0) is 29.8 Å². The average molecular weight is 294 g/mol. The third-order valence-electron chi connectivity index (χ3n) is 2.50. The second-order valence-electron chi connectivity index (χ2n) is 3.78. The molecule has 0 saturated heterocycles. The van der Waals surface area contributed by atoms with Crippen molar-refractivity contribution in [1.29, 1.82) is 0 Å². The van der Waals surface area contributed by atoms with E-state index in [0.29, 0.717) is 0 Å². The molecule has 0 N–H and O–H groups in total. The first kappa shape index (κ1) is 12.6. The highest BCUT2D eigenvalue weighted by Gasteiger charge is 2.15. The summed E-state index contributed by atoms with van der Waals surface area (Å²) in [4.78, 5) is 11.7. The average Bonchev–Trinajstić information content (AvgIpc) is 2.95. The summed E-state index contributed by atoms with van der Waals surface area (Å²) in [5.74, 6) is -1.97. The maximum absolute atomic E-state index is 13.8. The number of rotatable bonds is 2. The Bertz CT molecular complexity index is 761. The third-order valence-corrected chi connectivity index (χ3v) is 2.67. The lowest BCUT2D eigenvalue weighted by molar-refractivity contribution is 0.510. The molecule has 0 aliphatic heterocycles. The summed E-state index contributed by atoms with van der Waals surface area (Å²) in [5, 5.41) is 3.80. The van der Waals surface area contributed by atoms with Crippen LogP contribution in [-0.2, 0) is 0 Å². The van der Waals surface area contributed by atoms with Crippen LogP contribution in [0, 0.1) is 11.6 Å². The molecule has 0 unspecified atom stereocenters. The lowest BCUT2D eigenvalue weighted by Crippen LogP contribution is -2.06. The molecule has 100 valence electrons. The molecule has 8 heteroatoms. The van der Waals surface area contributed by atoms with Crippen LogP contribution < -0.4 is 0 Å². The molecule has 0 radical (unpaired) electrons. The highest BCUT2D eigenvalue weighted by atomic mass is 35.5. The van der Waals surface area contributed by atoms with Gasteiger partial charge in [0, 0.05) is 12.4 Å². The Morgan fingerprint density at radius 3 is 2.65 bits per heavy atom. The van der Waals surface area contributed by atoms with Gasteiger partial charge < -0.3 is 0 Å². The van der Waals surface area contributed by atoms with Crippen molar-refractivity contribution in [3.8, 4) is 17.3 Å². The minimum absolute atomic E-state index is 0.0625. The lowest BCUT2D eigenvalue weighted by Gasteiger charge is -2.05. The zero-order chi connectivity index (χ0) is 14.1. The number of hydrogen-bond acceptors (Lipinski definition) is 4. The van der Waals surface area contributed by atoms with Crippen LogP contribution >= 0.6 is 11.6 Å². The molecule has 3 rings (SSSR count). The van der Waals surface area contributed by atoms with Crippen molar-refractivity contribution in [3.05, 3.63) is 53.6 Å². The van der Waals surface area contributed by atoms with E-state index in [-0.39, 0.29) is 22.6 Å². The van der Waals surface area contributed by atoms with Crippen molar-refractivity contribution in [2.75, 3.05) is 0 Å². The van der Waals surface area contributed by atoms with Gasteiger partial charge in [-0.25, -0.2) is 13.5 Å². The second-order valence-corrected chi connectivity index (χ2v) is 4.12. The SMILES string of the molecule is Fc1cccc(-c2nc(Cl)nc(-n3cccn3)n2)c1F. The summed E-state index contributed by atoms with van der Waals surface area (Å²) in [6.07, 6.45) is 3.12. The third kappa shape index (κ3) is 2.23. The molecule has 5 nitrogen and oxygen atoms in total. The Kier molecular flexibility index (Phi) is 3.11. The fourth-order valence-electron chi connectivity index (χ4n) is 1.63. The van der Waals surface area contributed by atoms with E-state index in [2.05, 4.69) is 20.1 Å². The van der Waals surface area contributed by atoms with Gasteiger partial charge in [-0.2, -0.15) is 20.1 Å². The molecular formula is C12H6ClF2N5. The Hall–Kier alpha value is -2.41. The van der Waals surface area contributed by atoms with E-state index < -0.39 is 11.6 Å². The van der Waals surface area contributed by atoms with Gasteiger partial charge in [-0.3, -0.25) is 0 Å². The number of hydrogen-bond donors (Lipinski definition) is 0. The van der Waals surface area contributed by atoms with Crippen molar-refractivity contribution in [1.82, 2.24) is 24.7 Å². The van der Waals surface area contributed by atoms with Crippen LogP contribution in [0.25, 0.3) is 17.3 Å². The molecule has 0 amide bonds. The molecule has 2 heterocycles. The van der Waals surface area contributed by atoms with E-state index >= 15 is 0 Å². The van der Waals surface area contributed by atoms with E-state index in [9.17, 15) is 8.78 Å². The Morgan fingerprint density at radius 2 is 1.90 bits per heavy atom. The highest BCUT2D eigenvalue weighted by molar-refractivity contribution is 6.28. The minimum atomic E-state index is -1.04. The van der Waals surface area contributed by atoms with E-state index in [0.717, 1.165) is 6.07 Å². The highest BCUT2D eigenvalue weighted by Crippen LogP contribution is 2.22. The van der Waals surface area contributed by atoms with Crippen LogP contribution in [0.3, 0.4) is 0 Å². The van der Waals surface area contributed by atoms with Gasteiger partial charge in [-0.15, -0.1) is 0 Å². The van der Waals surface area contributed by atoms with Gasteiger partial charge in [0.05, 0.1) is 5.56 Å². The molecular weight excluding hydrogens is 288 g/mol. The van der Waals surface area contributed by atoms with Crippen molar-refractivity contribution < 1.29 is 8.78 Å². The van der Waals surface area contributed by atoms with Crippen LogP contribution in [0.4, 0.5) is 8.78 Å². The Labute approximate surface area is 116 Å². The molecule has 0 aliphatic carbocycles. The summed E-state index contributed by atoms with van der Waals surface area (Å²) in [7, 11) is 0. The zero-order valence-electron chi connectivity index (χ0n) is 9.83. The molecule has 0 aliphatic rings. The first-order chi connectivity index (χ1) is 9.65. The normalized spacial score (nSPS) is 10.8. The van der Waals surface area contributed by atoms with Crippen LogP contribution in [0.1, 0.15) is 0 Å². The van der Waals surface area contributed by atoms with E-state index in [1.807, 2.05) is 0 Å². The lowest BCUT2D eigenvalue weighted by atomic mass is 10.2. The molecule has 0 spiro atoms. The van der Waals surface area contributed by atoms with E-state index in [1.165, 1.54) is 23.0 Å². The van der Waals surface area contributed by atoms with Gasteiger partial charge in [0.1, 0.15) is 0 Å². The summed E-state index contributed by atoms with van der Waals surface area (Å²) >= 11 is 5.79. The van der Waals surface area contributed by atoms with Gasteiger partial charge in [0.2, 0.25) is 5.28 Å². The van der Waals surface area contributed by atoms with Crippen LogP contribution in [0.2, 0.25) is 5.28 Å². The summed E-state index contributed by atoms with van der Waals surface area (Å²) in [6, 6.07) is 5.39. The summed E-state index contributed by atoms with van der Waals surface area (Å²) < 4.78 is 28.3. The zero-order valence-corrected chi connectivity index (χ0v) is 10.6. The summed E-state index contributed by atoms with van der Waals surface area (Å²) in [6.45, 7) is 0. The van der Waals surface area contributed by atoms with Gasteiger partial charge in [0.15, 0.2) is 17.5 Å². The standard InChI is InChI=1S/C12H6ClF2N5/c13-11-17-10(7-3-1-4-8(14)9(7)15)18-12(19-11)20-6-2-5-16-20/h1-6H. The quantitative estimate of drug-likeness (QED) is 0.729. The number of halogens is 3. The monoisotopic (exact) mass is 293 g/mol. The predicted octanol–water partition coefficient (Wildman–Crippen LogP) is 2.66. The number of benzene rings is 1. The Morgan fingerprint density at radius 1 is 1.05 bits per heavy atom. The minimum Gasteiger partial charge on any atom is -0.206 e. The predicted molar refractivity (Wildman–Crippen MR) is 67.3 cm³/mol. The number of aromatic nitrogens is 5. The summed E-state index contributed by atoms with van der Waals surface area (Å²) in [5.41, 5.74) is -0.0947. The van der Waals surface area contributed by atoms with Gasteiger partial charge in [-0.1, -0.05) is 6.07 Å². The van der Waals surface area contributed by atoms with Crippen LogP contribution in [-0.4, -0.2) is 24.7 Å². The largest absolute Gasteiger partial charge is 0.255 e. The molecule has 2 aromatic heterocycles. The second kappa shape index (κ2) is 4.93. The van der Waals surface area contributed by atoms with E-state index in [1.54, 1.807) is 12.3 Å². The van der Waals surface area contributed by atoms with Gasteiger partial charge >= 0.3 is 0 Å². The fourth-order valence-corrected chi connectivity index (χ4v) is 1.78. The smallest absolute Gasteiger partial charge is 0.206 e. The maximum Gasteiger partial charge on any atom is 0.255 e. The molecule has 0 bridgehead atoms. The van der Waals surface area contributed by atoms with Crippen LogP contribution in [0.15, 0.2) is 36.7 Å². The number of nitrogens with zero attached hydrogens (tertiary/aromatic N) is 5. The molecule has 0 fully saturated rings. The first-order valence-electron chi connectivity index (χ1n) is 5.51.